The van der Waals surface area contributed by atoms with Crippen molar-refractivity contribution in [3.8, 4) is 22.3 Å². The van der Waals surface area contributed by atoms with Crippen LogP contribution in [0.2, 0.25) is 0 Å². The molecule has 2 aromatic heterocycles. The second-order valence-corrected chi connectivity index (χ2v) is 19.9. The first-order chi connectivity index (χ1) is 36.0. The standard InChI is InChI=1S/C69H46N2O2/c1-69(2)57-42-61(70(44-23-7-4-8-24-44)59-35-19-32-54-49-28-14-17-37-62(49)72-67(54)59)48-27-10-12-31-52(48)64(57)65-51-30-11-9-26-47(51)56-41-45(39-40-53(56)66(65)69)71(58-34-16-13-25-46(58)43-21-5-3-6-22-43)60-36-20-33-55-50-29-15-18-38-63(50)73-68(55)60/h3-42H,1-2H3. The molecule has 14 aromatic rings. The molecule has 0 radical (unpaired) electrons. The maximum absolute atomic E-state index is 6.84. The Hall–Kier alpha value is -9.38. The fourth-order valence-electron chi connectivity index (χ4n) is 12.4. The van der Waals surface area contributed by atoms with E-state index in [0.29, 0.717) is 0 Å². The van der Waals surface area contributed by atoms with E-state index in [1.165, 1.54) is 54.6 Å². The van der Waals surface area contributed by atoms with E-state index >= 15 is 0 Å². The van der Waals surface area contributed by atoms with Crippen molar-refractivity contribution in [2.45, 2.75) is 19.3 Å². The largest absolute Gasteiger partial charge is 0.454 e. The van der Waals surface area contributed by atoms with Gasteiger partial charge in [0.05, 0.1) is 22.7 Å². The van der Waals surface area contributed by atoms with Gasteiger partial charge in [0, 0.05) is 49.3 Å². The fourth-order valence-corrected chi connectivity index (χ4v) is 12.4. The zero-order chi connectivity index (χ0) is 48.4. The normalized spacial score (nSPS) is 12.9. The van der Waals surface area contributed by atoms with Gasteiger partial charge in [0.25, 0.3) is 0 Å². The Labute approximate surface area is 422 Å². The van der Waals surface area contributed by atoms with Crippen LogP contribution in [-0.4, -0.2) is 0 Å². The van der Waals surface area contributed by atoms with Crippen molar-refractivity contribution in [1.29, 1.82) is 0 Å². The number of anilines is 6. The first-order valence-electron chi connectivity index (χ1n) is 25.2. The van der Waals surface area contributed by atoms with E-state index in [1.54, 1.807) is 0 Å². The van der Waals surface area contributed by atoms with Crippen LogP contribution in [0.5, 0.6) is 0 Å². The van der Waals surface area contributed by atoms with E-state index in [9.17, 15) is 0 Å². The molecule has 0 bridgehead atoms. The summed E-state index contributed by atoms with van der Waals surface area (Å²) in [6.45, 7) is 4.85. The van der Waals surface area contributed by atoms with Crippen LogP contribution in [0.3, 0.4) is 0 Å². The van der Waals surface area contributed by atoms with Gasteiger partial charge in [-0.2, -0.15) is 0 Å². The van der Waals surface area contributed by atoms with Crippen LogP contribution in [0, 0.1) is 0 Å². The van der Waals surface area contributed by atoms with Crippen LogP contribution >= 0.6 is 0 Å². The highest BCUT2D eigenvalue weighted by molar-refractivity contribution is 6.24. The minimum atomic E-state index is -0.402. The van der Waals surface area contributed by atoms with Crippen molar-refractivity contribution in [2.24, 2.45) is 0 Å². The molecular formula is C69H46N2O2. The van der Waals surface area contributed by atoms with Crippen molar-refractivity contribution in [2.75, 3.05) is 9.80 Å². The monoisotopic (exact) mass is 934 g/mol. The van der Waals surface area contributed by atoms with Crippen LogP contribution in [0.1, 0.15) is 25.0 Å². The molecule has 0 amide bonds. The van der Waals surface area contributed by atoms with Gasteiger partial charge in [0.1, 0.15) is 11.2 Å². The Balaban J connectivity index is 0.988. The number of benzene rings is 12. The average molecular weight is 935 g/mol. The van der Waals surface area contributed by atoms with Gasteiger partial charge in [-0.05, 0) is 115 Å². The van der Waals surface area contributed by atoms with E-state index in [2.05, 4.69) is 254 Å². The van der Waals surface area contributed by atoms with Crippen LogP contribution in [-0.2, 0) is 5.41 Å². The molecular weight excluding hydrogens is 889 g/mol. The Morgan fingerprint density at radius 2 is 0.808 bits per heavy atom. The van der Waals surface area contributed by atoms with E-state index in [1.807, 2.05) is 12.1 Å². The summed E-state index contributed by atoms with van der Waals surface area (Å²) in [5.74, 6) is 0. The summed E-state index contributed by atoms with van der Waals surface area (Å²) < 4.78 is 13.6. The van der Waals surface area contributed by atoms with Crippen molar-refractivity contribution in [3.63, 3.8) is 0 Å². The lowest BCUT2D eigenvalue weighted by molar-refractivity contribution is 0.666. The molecule has 0 unspecified atom stereocenters. The molecule has 0 atom stereocenters. The number of hydrogen-bond donors (Lipinski definition) is 0. The number of para-hydroxylation sites is 6. The van der Waals surface area contributed by atoms with E-state index in [4.69, 9.17) is 8.83 Å². The second kappa shape index (κ2) is 15.8. The minimum absolute atomic E-state index is 0.402. The van der Waals surface area contributed by atoms with E-state index < -0.39 is 5.41 Å². The molecule has 0 spiro atoms. The van der Waals surface area contributed by atoms with Crippen molar-refractivity contribution < 1.29 is 8.83 Å². The Bertz CT molecular complexity index is 4550. The number of furan rings is 2. The molecule has 4 heteroatoms. The van der Waals surface area contributed by atoms with Crippen molar-refractivity contribution >= 4 is 110 Å². The van der Waals surface area contributed by atoms with Gasteiger partial charge >= 0.3 is 0 Å². The van der Waals surface area contributed by atoms with E-state index in [0.717, 1.165) is 89.1 Å². The van der Waals surface area contributed by atoms with Gasteiger partial charge in [0.2, 0.25) is 0 Å². The van der Waals surface area contributed by atoms with E-state index in [-0.39, 0.29) is 0 Å². The number of hydrogen-bond acceptors (Lipinski definition) is 4. The molecule has 0 N–H and O–H groups in total. The Kier molecular flexibility index (Phi) is 8.97. The van der Waals surface area contributed by atoms with Crippen LogP contribution in [0.4, 0.5) is 34.1 Å². The number of nitrogens with zero attached hydrogens (tertiary/aromatic N) is 2. The Morgan fingerprint density at radius 3 is 1.47 bits per heavy atom. The highest BCUT2D eigenvalue weighted by Crippen LogP contribution is 2.59. The molecule has 2 heterocycles. The molecule has 0 saturated carbocycles. The van der Waals surface area contributed by atoms with Gasteiger partial charge in [-0.1, -0.05) is 196 Å². The molecule has 15 rings (SSSR count). The maximum atomic E-state index is 6.84. The smallest absolute Gasteiger partial charge is 0.159 e. The average Bonchev–Trinajstić information content (AvgIpc) is 4.12. The minimum Gasteiger partial charge on any atom is -0.454 e. The highest BCUT2D eigenvalue weighted by Gasteiger charge is 2.41. The molecule has 344 valence electrons. The predicted molar refractivity (Wildman–Crippen MR) is 306 cm³/mol. The number of rotatable bonds is 7. The topological polar surface area (TPSA) is 32.8 Å². The second-order valence-electron chi connectivity index (χ2n) is 19.9. The lowest BCUT2D eigenvalue weighted by Gasteiger charge is -2.30. The highest BCUT2D eigenvalue weighted by atomic mass is 16.3. The summed E-state index contributed by atoms with van der Waals surface area (Å²) in [7, 11) is 0. The Morgan fingerprint density at radius 1 is 0.315 bits per heavy atom. The van der Waals surface area contributed by atoms with Gasteiger partial charge in [0.15, 0.2) is 11.2 Å². The fraction of sp³-hybridized carbons (Fsp3) is 0.0435. The lowest BCUT2D eigenvalue weighted by atomic mass is 9.79. The molecule has 73 heavy (non-hydrogen) atoms. The van der Waals surface area contributed by atoms with Crippen LogP contribution < -0.4 is 9.80 Å². The molecule has 1 aliphatic carbocycles. The summed E-state index contributed by atoms with van der Waals surface area (Å²) >= 11 is 0. The summed E-state index contributed by atoms with van der Waals surface area (Å²) in [5.41, 5.74) is 16.9. The quantitative estimate of drug-likeness (QED) is 0.149. The van der Waals surface area contributed by atoms with Gasteiger partial charge in [-0.15, -0.1) is 0 Å². The third-order valence-electron chi connectivity index (χ3n) is 15.6. The SMILES string of the molecule is CC1(C)c2cc(N(c3ccccc3)c3cccc4c3oc3ccccc34)c3ccccc3c2-c2c1c1ccc(N(c3ccccc3-c3ccccc3)c3cccc4c3oc3ccccc34)cc1c1ccccc21. The third kappa shape index (κ3) is 6.08. The number of fused-ring (bicyclic) bond motifs is 16. The zero-order valence-electron chi connectivity index (χ0n) is 40.3. The lowest BCUT2D eigenvalue weighted by Crippen LogP contribution is -2.17. The first kappa shape index (κ1) is 41.4. The van der Waals surface area contributed by atoms with Crippen molar-refractivity contribution in [3.05, 3.63) is 254 Å². The molecule has 0 fully saturated rings. The summed E-state index contributed by atoms with van der Waals surface area (Å²) in [6, 6.07) is 87.7. The zero-order valence-corrected chi connectivity index (χ0v) is 40.3. The van der Waals surface area contributed by atoms with Gasteiger partial charge in [-0.25, -0.2) is 0 Å². The molecule has 0 saturated heterocycles. The molecule has 1 aliphatic rings. The predicted octanol–water partition coefficient (Wildman–Crippen LogP) is 19.9. The molecule has 0 aliphatic heterocycles. The maximum Gasteiger partial charge on any atom is 0.159 e. The van der Waals surface area contributed by atoms with Crippen molar-refractivity contribution in [1.82, 2.24) is 0 Å². The van der Waals surface area contributed by atoms with Gasteiger partial charge in [-0.3, -0.25) is 0 Å². The van der Waals surface area contributed by atoms with Gasteiger partial charge < -0.3 is 18.6 Å². The van der Waals surface area contributed by atoms with Crippen LogP contribution in [0.25, 0.3) is 98.4 Å². The summed E-state index contributed by atoms with van der Waals surface area (Å²) in [5, 5.41) is 11.7. The molecule has 4 nitrogen and oxygen atoms in total. The first-order valence-corrected chi connectivity index (χ1v) is 25.2. The summed E-state index contributed by atoms with van der Waals surface area (Å²) in [4.78, 5) is 4.83. The summed E-state index contributed by atoms with van der Waals surface area (Å²) in [6.07, 6.45) is 0. The van der Waals surface area contributed by atoms with Crippen LogP contribution in [0.15, 0.2) is 251 Å². The third-order valence-corrected chi connectivity index (χ3v) is 15.6. The molecule has 12 aromatic carbocycles.